The molecular weight excluding hydrogens is 323 g/mol. The molecule has 0 fully saturated rings. The average Bonchev–Trinajstić information content (AvgIpc) is 2.53. The van der Waals surface area contributed by atoms with E-state index in [0.29, 0.717) is 28.9 Å². The first kappa shape index (κ1) is 15.3. The van der Waals surface area contributed by atoms with Gasteiger partial charge in [0.1, 0.15) is 11.9 Å². The maximum Gasteiger partial charge on any atom is 0.150 e. The van der Waals surface area contributed by atoms with Gasteiger partial charge in [0, 0.05) is 17.7 Å². The number of halogens is 2. The maximum atomic E-state index is 6.40. The molecule has 22 heavy (non-hydrogen) atoms. The lowest BCUT2D eigenvalue weighted by Gasteiger charge is -2.28. The van der Waals surface area contributed by atoms with Gasteiger partial charge in [-0.3, -0.25) is 0 Å². The van der Waals surface area contributed by atoms with Gasteiger partial charge in [-0.25, -0.2) is 0 Å². The number of benzene rings is 2. The van der Waals surface area contributed by atoms with E-state index in [1.54, 1.807) is 19.2 Å². The second-order valence-corrected chi connectivity index (χ2v) is 5.82. The monoisotopic (exact) mass is 338 g/mol. The van der Waals surface area contributed by atoms with Crippen LogP contribution in [-0.2, 0) is 0 Å². The molecule has 1 aliphatic heterocycles. The molecule has 3 N–H and O–H groups in total. The zero-order valence-electron chi connectivity index (χ0n) is 12.0. The molecule has 0 radical (unpaired) electrons. The lowest BCUT2D eigenvalue weighted by Crippen LogP contribution is -2.37. The van der Waals surface area contributed by atoms with Crippen LogP contribution in [0.25, 0.3) is 11.1 Å². The van der Waals surface area contributed by atoms with Crippen molar-refractivity contribution in [2.75, 3.05) is 25.5 Å². The third kappa shape index (κ3) is 2.70. The Morgan fingerprint density at radius 3 is 2.68 bits per heavy atom. The number of ether oxygens (including phenoxy) is 2. The molecule has 0 amide bonds. The SMILES string of the molecule is COc1cc(Cl)c(-c2cccc3c2O[C@@H](CN)CN3)c(Cl)c1. The molecule has 2 aromatic carbocycles. The first-order valence-electron chi connectivity index (χ1n) is 6.91. The molecule has 3 rings (SSSR count). The summed E-state index contributed by atoms with van der Waals surface area (Å²) in [6, 6.07) is 9.29. The molecule has 0 aromatic heterocycles. The molecule has 6 heteroatoms. The molecule has 0 aliphatic carbocycles. The van der Waals surface area contributed by atoms with E-state index in [2.05, 4.69) is 5.32 Å². The second-order valence-electron chi connectivity index (χ2n) is 5.00. The molecular formula is C16H16Cl2N2O2. The van der Waals surface area contributed by atoms with Gasteiger partial charge in [-0.15, -0.1) is 0 Å². The highest BCUT2D eigenvalue weighted by Gasteiger charge is 2.23. The first-order valence-corrected chi connectivity index (χ1v) is 7.66. The Balaban J connectivity index is 2.14. The Morgan fingerprint density at radius 1 is 1.32 bits per heavy atom. The highest BCUT2D eigenvalue weighted by Crippen LogP contribution is 2.45. The number of anilines is 1. The van der Waals surface area contributed by atoms with Crippen molar-refractivity contribution in [2.24, 2.45) is 5.73 Å². The topological polar surface area (TPSA) is 56.5 Å². The van der Waals surface area contributed by atoms with Gasteiger partial charge in [-0.2, -0.15) is 0 Å². The van der Waals surface area contributed by atoms with Crippen LogP contribution in [0.1, 0.15) is 0 Å². The Bertz CT molecular complexity index is 684. The number of nitrogens with two attached hydrogens (primary N) is 1. The van der Waals surface area contributed by atoms with Gasteiger partial charge in [0.05, 0.1) is 29.4 Å². The summed E-state index contributed by atoms with van der Waals surface area (Å²) in [5, 5.41) is 4.34. The number of methoxy groups -OCH3 is 1. The summed E-state index contributed by atoms with van der Waals surface area (Å²) >= 11 is 12.8. The van der Waals surface area contributed by atoms with E-state index < -0.39 is 0 Å². The van der Waals surface area contributed by atoms with Crippen LogP contribution in [0.5, 0.6) is 11.5 Å². The predicted octanol–water partition coefficient (Wildman–Crippen LogP) is 3.80. The van der Waals surface area contributed by atoms with Crippen LogP contribution >= 0.6 is 23.2 Å². The van der Waals surface area contributed by atoms with Crippen LogP contribution in [0.2, 0.25) is 10.0 Å². The number of hydrogen-bond acceptors (Lipinski definition) is 4. The van der Waals surface area contributed by atoms with Gasteiger partial charge < -0.3 is 20.5 Å². The molecule has 1 atom stereocenters. The largest absolute Gasteiger partial charge is 0.497 e. The van der Waals surface area contributed by atoms with Crippen LogP contribution in [0, 0.1) is 0 Å². The molecule has 0 bridgehead atoms. The number of nitrogens with one attached hydrogen (secondary N) is 1. The third-order valence-electron chi connectivity index (χ3n) is 3.60. The number of hydrogen-bond donors (Lipinski definition) is 2. The summed E-state index contributed by atoms with van der Waals surface area (Å²) in [6.07, 6.45) is -0.0792. The third-order valence-corrected chi connectivity index (χ3v) is 4.20. The average molecular weight is 339 g/mol. The summed E-state index contributed by atoms with van der Waals surface area (Å²) < 4.78 is 11.2. The van der Waals surface area contributed by atoms with Gasteiger partial charge in [-0.1, -0.05) is 35.3 Å². The molecule has 0 spiro atoms. The summed E-state index contributed by atoms with van der Waals surface area (Å²) in [7, 11) is 1.57. The zero-order valence-corrected chi connectivity index (χ0v) is 13.5. The number of fused-ring (bicyclic) bond motifs is 1. The van der Waals surface area contributed by atoms with E-state index in [-0.39, 0.29) is 6.10 Å². The minimum atomic E-state index is -0.0792. The summed E-state index contributed by atoms with van der Waals surface area (Å²) in [5.41, 5.74) is 8.18. The van der Waals surface area contributed by atoms with Crippen LogP contribution in [0.15, 0.2) is 30.3 Å². The lowest BCUT2D eigenvalue weighted by molar-refractivity contribution is 0.215. The van der Waals surface area contributed by atoms with Crippen molar-refractivity contribution in [2.45, 2.75) is 6.10 Å². The minimum Gasteiger partial charge on any atom is -0.497 e. The van der Waals surface area contributed by atoms with E-state index in [1.165, 1.54) is 0 Å². The molecule has 1 aliphatic rings. The van der Waals surface area contributed by atoms with Crippen LogP contribution in [-0.4, -0.2) is 26.3 Å². The second kappa shape index (κ2) is 6.24. The predicted molar refractivity (Wildman–Crippen MR) is 90.4 cm³/mol. The molecule has 4 nitrogen and oxygen atoms in total. The Morgan fingerprint density at radius 2 is 2.05 bits per heavy atom. The van der Waals surface area contributed by atoms with Crippen molar-refractivity contribution < 1.29 is 9.47 Å². The van der Waals surface area contributed by atoms with Crippen LogP contribution in [0.4, 0.5) is 5.69 Å². The van der Waals surface area contributed by atoms with Crippen LogP contribution in [0.3, 0.4) is 0 Å². The van der Waals surface area contributed by atoms with Gasteiger partial charge >= 0.3 is 0 Å². The fourth-order valence-corrected chi connectivity index (χ4v) is 3.16. The number of para-hydroxylation sites is 1. The van der Waals surface area contributed by atoms with Gasteiger partial charge in [0.2, 0.25) is 0 Å². The van der Waals surface area contributed by atoms with E-state index >= 15 is 0 Å². The normalized spacial score (nSPS) is 16.5. The highest BCUT2D eigenvalue weighted by molar-refractivity contribution is 6.39. The van der Waals surface area contributed by atoms with Gasteiger partial charge in [0.25, 0.3) is 0 Å². The van der Waals surface area contributed by atoms with Crippen molar-refractivity contribution in [1.29, 1.82) is 0 Å². The Hall–Kier alpha value is -1.62. The van der Waals surface area contributed by atoms with E-state index in [1.807, 2.05) is 18.2 Å². The van der Waals surface area contributed by atoms with Gasteiger partial charge in [-0.05, 0) is 18.2 Å². The first-order chi connectivity index (χ1) is 10.6. The fraction of sp³-hybridized carbons (Fsp3) is 0.250. The number of rotatable bonds is 3. The Kier molecular flexibility index (Phi) is 4.34. The summed E-state index contributed by atoms with van der Waals surface area (Å²) in [4.78, 5) is 0. The quantitative estimate of drug-likeness (QED) is 0.893. The maximum absolute atomic E-state index is 6.40. The zero-order chi connectivity index (χ0) is 15.7. The fourth-order valence-electron chi connectivity index (χ4n) is 2.49. The van der Waals surface area contributed by atoms with Crippen molar-refractivity contribution in [3.63, 3.8) is 0 Å². The van der Waals surface area contributed by atoms with E-state index in [9.17, 15) is 0 Å². The Labute approximate surface area is 139 Å². The lowest BCUT2D eigenvalue weighted by atomic mass is 10.0. The molecule has 0 saturated heterocycles. The molecule has 0 unspecified atom stereocenters. The minimum absolute atomic E-state index is 0.0792. The molecule has 2 aromatic rings. The standard InChI is InChI=1S/C16H16Cl2N2O2/c1-21-9-5-12(17)15(13(18)6-9)11-3-2-4-14-16(11)22-10(7-19)8-20-14/h2-6,10,20H,7-8,19H2,1H3/t10-/m0/s1. The molecule has 0 saturated carbocycles. The molecule has 1 heterocycles. The summed E-state index contributed by atoms with van der Waals surface area (Å²) in [5.74, 6) is 1.33. The van der Waals surface area contributed by atoms with Crippen molar-refractivity contribution in [3.8, 4) is 22.6 Å². The van der Waals surface area contributed by atoms with E-state index in [0.717, 1.165) is 22.6 Å². The molecule has 116 valence electrons. The highest BCUT2D eigenvalue weighted by atomic mass is 35.5. The van der Waals surface area contributed by atoms with Crippen molar-refractivity contribution in [3.05, 3.63) is 40.4 Å². The van der Waals surface area contributed by atoms with Crippen molar-refractivity contribution in [1.82, 2.24) is 0 Å². The summed E-state index contributed by atoms with van der Waals surface area (Å²) in [6.45, 7) is 1.11. The van der Waals surface area contributed by atoms with Crippen LogP contribution < -0.4 is 20.5 Å². The van der Waals surface area contributed by atoms with E-state index in [4.69, 9.17) is 38.4 Å². The van der Waals surface area contributed by atoms with Crippen molar-refractivity contribution >= 4 is 28.9 Å². The van der Waals surface area contributed by atoms with Gasteiger partial charge in [0.15, 0.2) is 5.75 Å². The smallest absolute Gasteiger partial charge is 0.150 e.